The van der Waals surface area contributed by atoms with Crippen LogP contribution in [0, 0.1) is 18.3 Å². The molecule has 0 radical (unpaired) electrons. The molecule has 0 aliphatic carbocycles. The number of ether oxygens (including phenoxy) is 1. The lowest BCUT2D eigenvalue weighted by molar-refractivity contribution is 0.210. The number of aromatic nitrogens is 4. The van der Waals surface area contributed by atoms with E-state index < -0.39 is 5.76 Å². The molecule has 0 fully saturated rings. The zero-order valence-corrected chi connectivity index (χ0v) is 13.5. The van der Waals surface area contributed by atoms with E-state index in [2.05, 4.69) is 26.9 Å². The van der Waals surface area contributed by atoms with Crippen molar-refractivity contribution in [1.29, 1.82) is 5.26 Å². The number of anilines is 1. The van der Waals surface area contributed by atoms with Gasteiger partial charge in [0.15, 0.2) is 5.69 Å². The van der Waals surface area contributed by atoms with Gasteiger partial charge in [0.05, 0.1) is 23.9 Å². The number of hydrogen-bond donors (Lipinski definition) is 1. The summed E-state index contributed by atoms with van der Waals surface area (Å²) in [6.07, 6.45) is 0. The molecule has 0 unspecified atom stereocenters. The van der Waals surface area contributed by atoms with Gasteiger partial charge in [-0.2, -0.15) is 5.26 Å². The summed E-state index contributed by atoms with van der Waals surface area (Å²) in [5.41, 5.74) is 1.87. The van der Waals surface area contributed by atoms with Gasteiger partial charge in [0.1, 0.15) is 0 Å². The Morgan fingerprint density at radius 1 is 1.36 bits per heavy atom. The summed E-state index contributed by atoms with van der Waals surface area (Å²) in [6, 6.07) is 7.07. The lowest BCUT2D eigenvalue weighted by Crippen LogP contribution is -2.14. The zero-order valence-electron chi connectivity index (χ0n) is 13.5. The van der Waals surface area contributed by atoms with Gasteiger partial charge in [-0.1, -0.05) is 11.2 Å². The Balaban J connectivity index is 2.06. The molecule has 0 amide bonds. The average Bonchev–Trinajstić information content (AvgIpc) is 3.22. The predicted molar refractivity (Wildman–Crippen MR) is 85.2 cm³/mol. The van der Waals surface area contributed by atoms with Crippen LogP contribution in [0.25, 0.3) is 17.2 Å². The van der Waals surface area contributed by atoms with Gasteiger partial charge in [-0.3, -0.25) is 4.52 Å². The first-order chi connectivity index (χ1) is 12.2. The second-order valence-electron chi connectivity index (χ2n) is 5.10. The Bertz CT molecular complexity index is 981. The van der Waals surface area contributed by atoms with Crippen molar-refractivity contribution in [2.75, 3.05) is 25.6 Å². The first-order valence-electron chi connectivity index (χ1n) is 7.31. The predicted octanol–water partition coefficient (Wildman–Crippen LogP) is 1.11. The molecule has 0 atom stereocenters. The van der Waals surface area contributed by atoms with Crippen molar-refractivity contribution >= 4 is 5.82 Å². The quantitative estimate of drug-likeness (QED) is 0.654. The van der Waals surface area contributed by atoms with Crippen molar-refractivity contribution in [2.45, 2.75) is 6.92 Å². The largest absolute Gasteiger partial charge is 0.446 e. The van der Waals surface area contributed by atoms with Crippen molar-refractivity contribution in [2.24, 2.45) is 0 Å². The third-order valence-corrected chi connectivity index (χ3v) is 3.50. The fourth-order valence-electron chi connectivity index (χ4n) is 2.22. The molecule has 128 valence electrons. The van der Waals surface area contributed by atoms with Gasteiger partial charge in [0, 0.05) is 13.7 Å². The van der Waals surface area contributed by atoms with Crippen LogP contribution in [-0.2, 0) is 4.74 Å². The number of hydrogen-bond acceptors (Lipinski definition) is 9. The van der Waals surface area contributed by atoms with Crippen LogP contribution in [0.3, 0.4) is 0 Å². The highest BCUT2D eigenvalue weighted by Crippen LogP contribution is 2.24. The van der Waals surface area contributed by atoms with Gasteiger partial charge in [0.2, 0.25) is 11.6 Å². The minimum Gasteiger partial charge on any atom is -0.383 e. The van der Waals surface area contributed by atoms with Crippen molar-refractivity contribution in [3.05, 3.63) is 39.9 Å². The van der Waals surface area contributed by atoms with E-state index in [1.165, 1.54) is 4.57 Å². The van der Waals surface area contributed by atoms with Crippen LogP contribution in [0.15, 0.2) is 32.1 Å². The molecule has 1 aromatic carbocycles. The topological polar surface area (TPSA) is 132 Å². The zero-order chi connectivity index (χ0) is 17.8. The Kier molecular flexibility index (Phi) is 4.58. The van der Waals surface area contributed by atoms with Gasteiger partial charge >= 0.3 is 5.76 Å². The maximum Gasteiger partial charge on any atom is 0.446 e. The monoisotopic (exact) mass is 342 g/mol. The summed E-state index contributed by atoms with van der Waals surface area (Å²) in [4.78, 5) is 12.1. The van der Waals surface area contributed by atoms with E-state index in [0.29, 0.717) is 30.2 Å². The van der Waals surface area contributed by atoms with Gasteiger partial charge in [-0.15, -0.1) is 0 Å². The molecule has 10 nitrogen and oxygen atoms in total. The molecule has 0 aliphatic heterocycles. The minimum atomic E-state index is -0.714. The average molecular weight is 342 g/mol. The van der Waals surface area contributed by atoms with Crippen molar-refractivity contribution in [3.63, 3.8) is 0 Å². The smallest absolute Gasteiger partial charge is 0.383 e. The number of nitrogens with one attached hydrogen (secondary N) is 1. The van der Waals surface area contributed by atoms with Crippen LogP contribution in [0.1, 0.15) is 11.1 Å². The molecule has 3 rings (SSSR count). The molecule has 0 aliphatic rings. The Labute approximate surface area is 141 Å². The number of benzene rings is 1. The minimum absolute atomic E-state index is 0.110. The van der Waals surface area contributed by atoms with E-state index >= 15 is 0 Å². The standard InChI is InChI=1S/C15H14N6O4/c1-9-3-4-11(7-10(9)8-16)21-14(20-24-15(21)22)12-13(19-25-18-12)17-5-6-23-2/h3-4,7H,5-6H2,1-2H3,(H,17,19). The van der Waals surface area contributed by atoms with E-state index in [1.807, 2.05) is 0 Å². The van der Waals surface area contributed by atoms with Gasteiger partial charge < -0.3 is 10.1 Å². The number of nitriles is 1. The van der Waals surface area contributed by atoms with Crippen LogP contribution >= 0.6 is 0 Å². The van der Waals surface area contributed by atoms with Crippen LogP contribution in [0.5, 0.6) is 0 Å². The van der Waals surface area contributed by atoms with E-state index in [-0.39, 0.29) is 11.5 Å². The molecule has 3 aromatic rings. The van der Waals surface area contributed by atoms with Crippen molar-refractivity contribution in [3.8, 4) is 23.3 Å². The van der Waals surface area contributed by atoms with Gasteiger partial charge in [0.25, 0.3) is 0 Å². The van der Waals surface area contributed by atoms with E-state index in [1.54, 1.807) is 32.2 Å². The number of rotatable bonds is 6. The van der Waals surface area contributed by atoms with Gasteiger partial charge in [-0.25, -0.2) is 14.0 Å². The molecule has 2 heterocycles. The highest BCUT2D eigenvalue weighted by atomic mass is 16.6. The van der Waals surface area contributed by atoms with E-state index in [9.17, 15) is 10.1 Å². The van der Waals surface area contributed by atoms with Crippen LogP contribution in [0.4, 0.5) is 5.82 Å². The summed E-state index contributed by atoms with van der Waals surface area (Å²) >= 11 is 0. The molecular weight excluding hydrogens is 328 g/mol. The molecule has 10 heteroatoms. The van der Waals surface area contributed by atoms with Crippen LogP contribution < -0.4 is 11.1 Å². The normalized spacial score (nSPS) is 10.6. The van der Waals surface area contributed by atoms with Crippen molar-refractivity contribution in [1.82, 2.24) is 20.0 Å². The first-order valence-corrected chi connectivity index (χ1v) is 7.31. The van der Waals surface area contributed by atoms with Crippen LogP contribution in [0.2, 0.25) is 0 Å². The molecule has 0 bridgehead atoms. The summed E-state index contributed by atoms with van der Waals surface area (Å²) in [7, 11) is 1.57. The second kappa shape index (κ2) is 6.98. The summed E-state index contributed by atoms with van der Waals surface area (Å²) in [6.45, 7) is 2.71. The number of aryl methyl sites for hydroxylation is 1. The molecule has 2 aromatic heterocycles. The highest BCUT2D eigenvalue weighted by Gasteiger charge is 2.22. The molecule has 0 saturated carbocycles. The fraction of sp³-hybridized carbons (Fsp3) is 0.267. The second-order valence-corrected chi connectivity index (χ2v) is 5.10. The van der Waals surface area contributed by atoms with E-state index in [0.717, 1.165) is 5.56 Å². The number of methoxy groups -OCH3 is 1. The maximum absolute atomic E-state index is 12.1. The Hall–Kier alpha value is -3.45. The van der Waals surface area contributed by atoms with Crippen LogP contribution in [-0.4, -0.2) is 40.3 Å². The molecule has 1 N–H and O–H groups in total. The van der Waals surface area contributed by atoms with E-state index in [4.69, 9.17) is 13.9 Å². The molecule has 0 spiro atoms. The Morgan fingerprint density at radius 2 is 2.20 bits per heavy atom. The molecular formula is C15H14N6O4. The third kappa shape index (κ3) is 3.13. The lowest BCUT2D eigenvalue weighted by Gasteiger charge is -2.06. The summed E-state index contributed by atoms with van der Waals surface area (Å²) in [5, 5.41) is 23.5. The third-order valence-electron chi connectivity index (χ3n) is 3.50. The highest BCUT2D eigenvalue weighted by molar-refractivity contribution is 5.66. The van der Waals surface area contributed by atoms with Crippen molar-refractivity contribution < 1.29 is 13.9 Å². The molecule has 0 saturated heterocycles. The summed E-state index contributed by atoms with van der Waals surface area (Å²) < 4.78 is 15.7. The van der Waals surface area contributed by atoms with Gasteiger partial charge in [-0.05, 0) is 34.9 Å². The molecule has 25 heavy (non-hydrogen) atoms. The first kappa shape index (κ1) is 16.4. The number of nitrogens with zero attached hydrogens (tertiary/aromatic N) is 5. The Morgan fingerprint density at radius 3 is 2.96 bits per heavy atom. The maximum atomic E-state index is 12.1. The summed E-state index contributed by atoms with van der Waals surface area (Å²) in [5.74, 6) is -0.306. The SMILES string of the molecule is COCCNc1nonc1-c1noc(=O)n1-c1ccc(C)c(C#N)c1. The fourth-order valence-corrected chi connectivity index (χ4v) is 2.22. The lowest BCUT2D eigenvalue weighted by atomic mass is 10.1.